The Bertz CT molecular complexity index is 1360. The van der Waals surface area contributed by atoms with Crippen LogP contribution >= 0.6 is 11.8 Å². The monoisotopic (exact) mass is 452 g/mol. The molecule has 0 bridgehead atoms. The topological polar surface area (TPSA) is 61.5 Å². The number of nitrogens with zero attached hydrogens (tertiary/aromatic N) is 3. The first-order valence-corrected chi connectivity index (χ1v) is 11.8. The molecule has 0 radical (unpaired) electrons. The van der Waals surface area contributed by atoms with Gasteiger partial charge in [-0.15, -0.1) is 0 Å². The fourth-order valence-electron chi connectivity index (χ4n) is 4.28. The molecule has 2 aliphatic rings. The molecule has 1 amide bonds. The standard InChI is InChI=1S/C27H24N4OS/c1-4-19-10-12-22(13-11-19)30-17(2)14-21(18(30)3)15-23-25(28)31-24(20-8-6-5-7-9-20)16-33-27(31)29-26(23)32/h5-16,28H,4H2,1-3H3. The summed E-state index contributed by atoms with van der Waals surface area (Å²) < 4.78 is 2.18. The van der Waals surface area contributed by atoms with Crippen LogP contribution in [0.4, 0.5) is 0 Å². The van der Waals surface area contributed by atoms with E-state index in [0.717, 1.165) is 40.3 Å². The fraction of sp³-hybridized carbons (Fsp3) is 0.148. The number of carbonyl (C=O) groups is 1. The molecule has 1 aromatic heterocycles. The maximum Gasteiger partial charge on any atom is 0.283 e. The van der Waals surface area contributed by atoms with Crippen molar-refractivity contribution in [2.75, 3.05) is 0 Å². The zero-order valence-corrected chi connectivity index (χ0v) is 19.6. The number of aryl methyl sites for hydroxylation is 2. The lowest BCUT2D eigenvalue weighted by atomic mass is 10.1. The summed E-state index contributed by atoms with van der Waals surface area (Å²) in [6.45, 7) is 6.24. The number of aliphatic imine (C=N–C) groups is 1. The van der Waals surface area contributed by atoms with Gasteiger partial charge in [0.1, 0.15) is 5.84 Å². The summed E-state index contributed by atoms with van der Waals surface area (Å²) in [4.78, 5) is 18.9. The van der Waals surface area contributed by atoms with Crippen LogP contribution in [0.15, 0.2) is 76.6 Å². The van der Waals surface area contributed by atoms with Crippen molar-refractivity contribution in [2.24, 2.45) is 4.99 Å². The molecule has 0 saturated carbocycles. The van der Waals surface area contributed by atoms with Crippen molar-refractivity contribution in [2.45, 2.75) is 27.2 Å². The highest BCUT2D eigenvalue weighted by molar-refractivity contribution is 8.17. The lowest BCUT2D eigenvalue weighted by Crippen LogP contribution is -2.38. The Kier molecular flexibility index (Phi) is 5.38. The molecule has 164 valence electrons. The van der Waals surface area contributed by atoms with Crippen molar-refractivity contribution < 1.29 is 4.79 Å². The van der Waals surface area contributed by atoms with Crippen molar-refractivity contribution in [3.05, 3.63) is 99.7 Å². The Morgan fingerprint density at radius 1 is 1.06 bits per heavy atom. The lowest BCUT2D eigenvalue weighted by molar-refractivity contribution is -0.114. The van der Waals surface area contributed by atoms with Crippen LogP contribution in [0.5, 0.6) is 0 Å². The van der Waals surface area contributed by atoms with Gasteiger partial charge in [-0.1, -0.05) is 61.2 Å². The normalized spacial score (nSPS) is 16.8. The molecule has 0 atom stereocenters. The number of aromatic nitrogens is 1. The van der Waals surface area contributed by atoms with Gasteiger partial charge >= 0.3 is 0 Å². The first-order valence-electron chi connectivity index (χ1n) is 10.9. The van der Waals surface area contributed by atoms with E-state index in [1.807, 2.05) is 42.7 Å². The SMILES string of the molecule is CCc1ccc(-n2c(C)cc(C=C3C(=N)N4C(c5ccccc5)=CSC4=NC3=O)c2C)cc1. The molecule has 6 heteroatoms. The van der Waals surface area contributed by atoms with Crippen molar-refractivity contribution in [3.8, 4) is 5.69 Å². The van der Waals surface area contributed by atoms with Gasteiger partial charge in [-0.3, -0.25) is 15.1 Å². The molecule has 33 heavy (non-hydrogen) atoms. The van der Waals surface area contributed by atoms with Gasteiger partial charge in [0.05, 0.1) is 11.3 Å². The molecule has 0 unspecified atom stereocenters. The first kappa shape index (κ1) is 21.2. The molecule has 3 aromatic rings. The number of thioether (sulfide) groups is 1. The molecule has 2 aliphatic heterocycles. The van der Waals surface area contributed by atoms with Gasteiger partial charge in [0.15, 0.2) is 5.17 Å². The van der Waals surface area contributed by atoms with Crippen LogP contribution in [0.25, 0.3) is 17.5 Å². The Morgan fingerprint density at radius 3 is 2.48 bits per heavy atom. The number of rotatable bonds is 4. The van der Waals surface area contributed by atoms with Crippen LogP contribution in [0, 0.1) is 19.3 Å². The third-order valence-corrected chi connectivity index (χ3v) is 6.88. The minimum Gasteiger partial charge on any atom is -0.318 e. The Morgan fingerprint density at radius 2 is 1.79 bits per heavy atom. The fourth-order valence-corrected chi connectivity index (χ4v) is 5.17. The largest absolute Gasteiger partial charge is 0.318 e. The molecular formula is C27H24N4OS. The van der Waals surface area contributed by atoms with E-state index in [0.29, 0.717) is 10.7 Å². The van der Waals surface area contributed by atoms with Crippen molar-refractivity contribution in [3.63, 3.8) is 0 Å². The molecule has 3 heterocycles. The van der Waals surface area contributed by atoms with E-state index in [9.17, 15) is 4.79 Å². The van der Waals surface area contributed by atoms with E-state index in [2.05, 4.69) is 53.7 Å². The minimum atomic E-state index is -0.376. The highest BCUT2D eigenvalue weighted by Gasteiger charge is 2.36. The second kappa shape index (κ2) is 8.37. The molecule has 5 rings (SSSR count). The van der Waals surface area contributed by atoms with Crippen molar-refractivity contribution in [1.82, 2.24) is 9.47 Å². The molecule has 0 spiro atoms. The molecule has 0 saturated heterocycles. The average Bonchev–Trinajstić information content (AvgIpc) is 3.37. The van der Waals surface area contributed by atoms with E-state index in [-0.39, 0.29) is 11.7 Å². The molecule has 5 nitrogen and oxygen atoms in total. The predicted octanol–water partition coefficient (Wildman–Crippen LogP) is 5.96. The first-order chi connectivity index (χ1) is 16.0. The summed E-state index contributed by atoms with van der Waals surface area (Å²) in [5, 5.41) is 11.3. The van der Waals surface area contributed by atoms with Crippen molar-refractivity contribution in [1.29, 1.82) is 5.41 Å². The molecule has 0 fully saturated rings. The predicted molar refractivity (Wildman–Crippen MR) is 137 cm³/mol. The maximum absolute atomic E-state index is 12.9. The number of amidine groups is 2. The molecule has 0 aliphatic carbocycles. The number of nitrogens with one attached hydrogen (secondary N) is 1. The quantitative estimate of drug-likeness (QED) is 0.497. The van der Waals surface area contributed by atoms with E-state index >= 15 is 0 Å². The van der Waals surface area contributed by atoms with E-state index in [1.165, 1.54) is 17.3 Å². The van der Waals surface area contributed by atoms with E-state index in [1.54, 1.807) is 11.0 Å². The molecule has 1 N–H and O–H groups in total. The zero-order valence-electron chi connectivity index (χ0n) is 18.8. The summed E-state index contributed by atoms with van der Waals surface area (Å²) in [5.41, 5.74) is 7.54. The lowest BCUT2D eigenvalue weighted by Gasteiger charge is -2.26. The minimum absolute atomic E-state index is 0.155. The number of hydrogen-bond acceptors (Lipinski definition) is 3. The highest BCUT2D eigenvalue weighted by atomic mass is 32.2. The number of fused-ring (bicyclic) bond motifs is 1. The summed E-state index contributed by atoms with van der Waals surface area (Å²) >= 11 is 1.38. The number of amides is 1. The Labute approximate surface area is 197 Å². The second-order valence-electron chi connectivity index (χ2n) is 8.11. The van der Waals surface area contributed by atoms with Gasteiger partial charge in [0.25, 0.3) is 5.91 Å². The maximum atomic E-state index is 12.9. The van der Waals surface area contributed by atoms with E-state index < -0.39 is 0 Å². The zero-order chi connectivity index (χ0) is 23.1. The summed E-state index contributed by atoms with van der Waals surface area (Å²) in [7, 11) is 0. The van der Waals surface area contributed by atoms with Gasteiger partial charge in [-0.05, 0) is 61.2 Å². The third-order valence-electron chi connectivity index (χ3n) is 6.06. The van der Waals surface area contributed by atoms with Gasteiger partial charge in [0.2, 0.25) is 0 Å². The van der Waals surface area contributed by atoms with Crippen LogP contribution in [0.2, 0.25) is 0 Å². The van der Waals surface area contributed by atoms with Gasteiger partial charge in [-0.2, -0.15) is 4.99 Å². The Balaban J connectivity index is 1.53. The summed E-state index contributed by atoms with van der Waals surface area (Å²) in [6, 6.07) is 20.5. The summed E-state index contributed by atoms with van der Waals surface area (Å²) in [5.74, 6) is -0.222. The van der Waals surface area contributed by atoms with Gasteiger partial charge < -0.3 is 4.57 Å². The number of benzene rings is 2. The molecule has 2 aromatic carbocycles. The van der Waals surface area contributed by atoms with Crippen LogP contribution in [-0.2, 0) is 11.2 Å². The number of carbonyl (C=O) groups excluding carboxylic acids is 1. The van der Waals surface area contributed by atoms with Gasteiger partial charge in [-0.25, -0.2) is 0 Å². The highest BCUT2D eigenvalue weighted by Crippen LogP contribution is 2.37. The van der Waals surface area contributed by atoms with Crippen molar-refractivity contribution >= 4 is 40.4 Å². The van der Waals surface area contributed by atoms with E-state index in [4.69, 9.17) is 5.41 Å². The van der Waals surface area contributed by atoms with Gasteiger partial charge in [0, 0.05) is 22.5 Å². The number of hydrogen-bond donors (Lipinski definition) is 1. The van der Waals surface area contributed by atoms with Crippen LogP contribution in [-0.4, -0.2) is 26.4 Å². The second-order valence-corrected chi connectivity index (χ2v) is 8.95. The van der Waals surface area contributed by atoms with Crippen LogP contribution in [0.3, 0.4) is 0 Å². The van der Waals surface area contributed by atoms with Crippen LogP contribution < -0.4 is 0 Å². The third kappa shape index (κ3) is 3.66. The molecular weight excluding hydrogens is 428 g/mol. The van der Waals surface area contributed by atoms with Crippen LogP contribution in [0.1, 0.15) is 35.0 Å². The average molecular weight is 453 g/mol. The Hall–Kier alpha value is -3.64. The summed E-state index contributed by atoms with van der Waals surface area (Å²) in [6.07, 6.45) is 2.80. The smallest absolute Gasteiger partial charge is 0.283 e.